The largest absolute Gasteiger partial charge is 0.316 e. The van der Waals surface area contributed by atoms with Gasteiger partial charge in [0.05, 0.1) is 17.1 Å². The predicted octanol–water partition coefficient (Wildman–Crippen LogP) is 8.62. The van der Waals surface area contributed by atoms with Crippen molar-refractivity contribution in [2.45, 2.75) is 12.0 Å². The summed E-state index contributed by atoms with van der Waals surface area (Å²) in [6, 6.07) is 41.2. The molecule has 0 bridgehead atoms. The van der Waals surface area contributed by atoms with Gasteiger partial charge in [-0.2, -0.15) is 0 Å². The van der Waals surface area contributed by atoms with Gasteiger partial charge in [0.15, 0.2) is 5.82 Å². The molecule has 2 heterocycles. The highest BCUT2D eigenvalue weighted by Gasteiger charge is 2.46. The van der Waals surface area contributed by atoms with Crippen molar-refractivity contribution in [3.63, 3.8) is 0 Å². The number of hydrogen-bond donors (Lipinski definition) is 0. The molecule has 39 heavy (non-hydrogen) atoms. The fourth-order valence-corrected chi connectivity index (χ4v) is 6.99. The summed E-state index contributed by atoms with van der Waals surface area (Å²) in [5.41, 5.74) is 14.4. The molecule has 2 atom stereocenters. The van der Waals surface area contributed by atoms with Crippen molar-refractivity contribution >= 4 is 28.6 Å². The van der Waals surface area contributed by atoms with Crippen LogP contribution in [0.2, 0.25) is 0 Å². The molecule has 0 saturated carbocycles. The predicted molar refractivity (Wildman–Crippen MR) is 159 cm³/mol. The SMILES string of the molecule is C1=CC2C3c4c1cccc4-c1ccccc1-c1cccc(c13)N2c1nc2ccccc2nc1-c1ccccc1. The number of aromatic nitrogens is 2. The Labute approximate surface area is 226 Å². The molecule has 0 fully saturated rings. The van der Waals surface area contributed by atoms with Gasteiger partial charge in [-0.1, -0.05) is 109 Å². The smallest absolute Gasteiger partial charge is 0.160 e. The Balaban J connectivity index is 1.39. The number of anilines is 2. The van der Waals surface area contributed by atoms with Gasteiger partial charge in [-0.25, -0.2) is 9.97 Å². The first-order valence-corrected chi connectivity index (χ1v) is 13.5. The van der Waals surface area contributed by atoms with E-state index in [0.717, 1.165) is 28.1 Å². The molecule has 6 aromatic rings. The fraction of sp³-hybridized carbons (Fsp3) is 0.0556. The summed E-state index contributed by atoms with van der Waals surface area (Å²) in [5, 5.41) is 0. The molecule has 1 aromatic heterocycles. The molecule has 3 heteroatoms. The zero-order chi connectivity index (χ0) is 25.5. The van der Waals surface area contributed by atoms with Crippen LogP contribution in [-0.4, -0.2) is 16.0 Å². The highest BCUT2D eigenvalue weighted by molar-refractivity contribution is 5.98. The van der Waals surface area contributed by atoms with Crippen molar-refractivity contribution in [2.24, 2.45) is 0 Å². The van der Waals surface area contributed by atoms with E-state index in [1.165, 1.54) is 44.6 Å². The summed E-state index contributed by atoms with van der Waals surface area (Å²) in [6.07, 6.45) is 4.69. The van der Waals surface area contributed by atoms with Crippen LogP contribution in [0.25, 0.3) is 50.6 Å². The number of benzene rings is 5. The first-order chi connectivity index (χ1) is 19.4. The van der Waals surface area contributed by atoms with E-state index in [0.29, 0.717) is 0 Å². The maximum Gasteiger partial charge on any atom is 0.160 e. The topological polar surface area (TPSA) is 29.0 Å². The van der Waals surface area contributed by atoms with Crippen LogP contribution in [0, 0.1) is 0 Å². The molecule has 0 radical (unpaired) electrons. The van der Waals surface area contributed by atoms with Crippen LogP contribution in [0.1, 0.15) is 22.6 Å². The zero-order valence-electron chi connectivity index (χ0n) is 21.1. The van der Waals surface area contributed by atoms with Gasteiger partial charge >= 0.3 is 0 Å². The molecule has 9 rings (SSSR count). The zero-order valence-corrected chi connectivity index (χ0v) is 21.1. The number of fused-ring (bicyclic) bond motifs is 4. The van der Waals surface area contributed by atoms with Gasteiger partial charge in [-0.15, -0.1) is 0 Å². The molecule has 3 nitrogen and oxygen atoms in total. The first kappa shape index (κ1) is 21.0. The van der Waals surface area contributed by atoms with Crippen LogP contribution in [-0.2, 0) is 0 Å². The average molecular weight is 498 g/mol. The summed E-state index contributed by atoms with van der Waals surface area (Å²) in [7, 11) is 0. The van der Waals surface area contributed by atoms with Gasteiger partial charge in [0.2, 0.25) is 0 Å². The van der Waals surface area contributed by atoms with E-state index >= 15 is 0 Å². The summed E-state index contributed by atoms with van der Waals surface area (Å²) in [5.74, 6) is 1.11. The Hall–Kier alpha value is -5.02. The van der Waals surface area contributed by atoms with Crippen molar-refractivity contribution in [3.8, 4) is 33.5 Å². The number of nitrogens with zero attached hydrogens (tertiary/aromatic N) is 3. The lowest BCUT2D eigenvalue weighted by Gasteiger charge is -2.32. The number of para-hydroxylation sites is 2. The van der Waals surface area contributed by atoms with Crippen LogP contribution in [0.4, 0.5) is 11.5 Å². The highest BCUT2D eigenvalue weighted by atomic mass is 15.3. The van der Waals surface area contributed by atoms with Gasteiger partial charge in [0.1, 0.15) is 5.69 Å². The third kappa shape index (κ3) is 2.82. The van der Waals surface area contributed by atoms with Gasteiger partial charge in [-0.05, 0) is 57.1 Å². The molecule has 0 N–H and O–H groups in total. The number of rotatable bonds is 2. The van der Waals surface area contributed by atoms with E-state index < -0.39 is 0 Å². The molecule has 2 aliphatic carbocycles. The van der Waals surface area contributed by atoms with Gasteiger partial charge in [-0.3, -0.25) is 0 Å². The molecule has 0 saturated heterocycles. The third-order valence-corrected chi connectivity index (χ3v) is 8.55. The minimum absolute atomic E-state index is 0.0991. The van der Waals surface area contributed by atoms with Crippen LogP contribution in [0.5, 0.6) is 0 Å². The quantitative estimate of drug-likeness (QED) is 0.240. The highest BCUT2D eigenvalue weighted by Crippen LogP contribution is 2.59. The van der Waals surface area contributed by atoms with Crippen LogP contribution in [0.3, 0.4) is 0 Å². The maximum absolute atomic E-state index is 5.32. The molecule has 1 aliphatic heterocycles. The van der Waals surface area contributed by atoms with Crippen molar-refractivity contribution in [1.29, 1.82) is 0 Å². The Kier molecular flexibility index (Phi) is 4.17. The van der Waals surface area contributed by atoms with Gasteiger partial charge in [0, 0.05) is 17.2 Å². The Morgan fingerprint density at radius 3 is 1.97 bits per heavy atom. The summed E-state index contributed by atoms with van der Waals surface area (Å²) in [6.45, 7) is 0. The molecule has 3 aliphatic rings. The molecular formula is C36H23N3. The second-order valence-electron chi connectivity index (χ2n) is 10.5. The van der Waals surface area contributed by atoms with E-state index in [9.17, 15) is 0 Å². The Bertz CT molecular complexity index is 1990. The maximum atomic E-state index is 5.32. The Morgan fingerprint density at radius 1 is 0.538 bits per heavy atom. The van der Waals surface area contributed by atoms with Crippen molar-refractivity contribution in [3.05, 3.63) is 138 Å². The van der Waals surface area contributed by atoms with Gasteiger partial charge in [0.25, 0.3) is 0 Å². The fourth-order valence-electron chi connectivity index (χ4n) is 6.99. The summed E-state index contributed by atoms with van der Waals surface area (Å²) < 4.78 is 0. The van der Waals surface area contributed by atoms with E-state index in [1.54, 1.807) is 0 Å². The molecule has 5 aromatic carbocycles. The van der Waals surface area contributed by atoms with E-state index in [4.69, 9.17) is 9.97 Å². The van der Waals surface area contributed by atoms with Crippen LogP contribution < -0.4 is 4.90 Å². The van der Waals surface area contributed by atoms with Gasteiger partial charge < -0.3 is 4.90 Å². The Morgan fingerprint density at radius 2 is 1.18 bits per heavy atom. The van der Waals surface area contributed by atoms with Crippen molar-refractivity contribution in [2.75, 3.05) is 4.90 Å². The first-order valence-electron chi connectivity index (χ1n) is 13.5. The van der Waals surface area contributed by atoms with E-state index in [-0.39, 0.29) is 12.0 Å². The summed E-state index contributed by atoms with van der Waals surface area (Å²) >= 11 is 0. The lowest BCUT2D eigenvalue weighted by atomic mass is 9.78. The molecular weight excluding hydrogens is 474 g/mol. The lowest BCUT2D eigenvalue weighted by molar-refractivity contribution is 0.722. The lowest BCUT2D eigenvalue weighted by Crippen LogP contribution is -2.32. The molecule has 0 amide bonds. The summed E-state index contributed by atoms with van der Waals surface area (Å²) in [4.78, 5) is 13.0. The second-order valence-corrected chi connectivity index (χ2v) is 10.5. The number of hydrogen-bond acceptors (Lipinski definition) is 3. The van der Waals surface area contributed by atoms with Crippen LogP contribution in [0.15, 0.2) is 121 Å². The minimum Gasteiger partial charge on any atom is -0.316 e. The minimum atomic E-state index is 0.0991. The third-order valence-electron chi connectivity index (χ3n) is 8.55. The van der Waals surface area contributed by atoms with Crippen molar-refractivity contribution in [1.82, 2.24) is 9.97 Å². The van der Waals surface area contributed by atoms with E-state index in [1.807, 2.05) is 12.1 Å². The monoisotopic (exact) mass is 497 g/mol. The van der Waals surface area contributed by atoms with Crippen molar-refractivity contribution < 1.29 is 0 Å². The molecule has 2 unspecified atom stereocenters. The normalized spacial score (nSPS) is 17.6. The van der Waals surface area contributed by atoms with E-state index in [2.05, 4.69) is 120 Å². The average Bonchev–Trinajstić information content (AvgIpc) is 3.28. The van der Waals surface area contributed by atoms with Crippen LogP contribution >= 0.6 is 0 Å². The second kappa shape index (κ2) is 7.75. The standard InChI is InChI=1S/C36H23N3/c1-2-10-23(11-3-1)35-36(38-29-18-7-6-17-28(29)37-35)39-30-19-9-16-27-25-14-5-4-13-24(25)26-15-8-12-22-20-21-31(39)34(32(22)26)33(27)30/h1-21,31,34H. The molecule has 182 valence electrons. The molecule has 0 spiro atoms.